The standard InChI is InChI=1S/C24H29N3O2/c1-2-3-13-27-14-11-18(12-15-27)22-17-29-23-10-9-20(16-21(22)23)26-24(28)25-19-7-5-4-6-8-19/h4-10,16-18H,2-3,11-15H2,1H3,(H2,25,26,28). The molecule has 2 heterocycles. The first-order valence-corrected chi connectivity index (χ1v) is 10.6. The number of carbonyl (C=O) groups is 1. The topological polar surface area (TPSA) is 57.5 Å². The number of furan rings is 1. The van der Waals surface area contributed by atoms with Crippen molar-refractivity contribution in [2.45, 2.75) is 38.5 Å². The largest absolute Gasteiger partial charge is 0.464 e. The third kappa shape index (κ3) is 4.80. The summed E-state index contributed by atoms with van der Waals surface area (Å²) in [5.41, 5.74) is 3.68. The van der Waals surface area contributed by atoms with Crippen molar-refractivity contribution in [1.82, 2.24) is 4.90 Å². The Morgan fingerprint density at radius 3 is 2.59 bits per heavy atom. The summed E-state index contributed by atoms with van der Waals surface area (Å²) in [6.07, 6.45) is 6.75. The van der Waals surface area contributed by atoms with Crippen molar-refractivity contribution in [2.24, 2.45) is 0 Å². The van der Waals surface area contributed by atoms with Crippen LogP contribution in [0.2, 0.25) is 0 Å². The summed E-state index contributed by atoms with van der Waals surface area (Å²) in [5.74, 6) is 0.516. The monoisotopic (exact) mass is 391 g/mol. The van der Waals surface area contributed by atoms with Crippen LogP contribution in [0.25, 0.3) is 11.0 Å². The van der Waals surface area contributed by atoms with Crippen molar-refractivity contribution < 1.29 is 9.21 Å². The van der Waals surface area contributed by atoms with E-state index in [0.29, 0.717) is 5.92 Å². The molecule has 5 heteroatoms. The zero-order valence-electron chi connectivity index (χ0n) is 17.0. The lowest BCUT2D eigenvalue weighted by Gasteiger charge is -2.31. The lowest BCUT2D eigenvalue weighted by molar-refractivity contribution is 0.210. The molecule has 0 radical (unpaired) electrons. The SMILES string of the molecule is CCCCN1CCC(c2coc3ccc(NC(=O)Nc4ccccc4)cc23)CC1. The fraction of sp³-hybridized carbons (Fsp3) is 0.375. The van der Waals surface area contributed by atoms with Gasteiger partial charge in [-0.15, -0.1) is 0 Å². The van der Waals surface area contributed by atoms with E-state index in [9.17, 15) is 4.79 Å². The Morgan fingerprint density at radius 2 is 1.83 bits per heavy atom. The van der Waals surface area contributed by atoms with Crippen LogP contribution in [0.3, 0.4) is 0 Å². The molecule has 0 unspecified atom stereocenters. The molecule has 2 aromatic carbocycles. The molecule has 1 saturated heterocycles. The Labute approximate surface area is 172 Å². The van der Waals surface area contributed by atoms with Gasteiger partial charge < -0.3 is 20.0 Å². The molecular formula is C24H29N3O2. The number of anilines is 2. The minimum Gasteiger partial charge on any atom is -0.464 e. The van der Waals surface area contributed by atoms with Crippen LogP contribution in [0.1, 0.15) is 44.1 Å². The van der Waals surface area contributed by atoms with Crippen LogP contribution >= 0.6 is 0 Å². The van der Waals surface area contributed by atoms with Gasteiger partial charge in [-0.05, 0) is 75.1 Å². The minimum atomic E-state index is -0.246. The van der Waals surface area contributed by atoms with Gasteiger partial charge in [0.05, 0.1) is 6.26 Å². The molecule has 0 saturated carbocycles. The highest BCUT2D eigenvalue weighted by atomic mass is 16.3. The number of amides is 2. The molecule has 2 amide bonds. The van der Waals surface area contributed by atoms with Gasteiger partial charge >= 0.3 is 6.03 Å². The molecule has 1 fully saturated rings. The van der Waals surface area contributed by atoms with E-state index in [1.807, 2.05) is 54.8 Å². The molecule has 29 heavy (non-hydrogen) atoms. The molecule has 0 spiro atoms. The molecule has 0 atom stereocenters. The van der Waals surface area contributed by atoms with Crippen molar-refractivity contribution in [2.75, 3.05) is 30.3 Å². The number of hydrogen-bond acceptors (Lipinski definition) is 3. The van der Waals surface area contributed by atoms with E-state index in [2.05, 4.69) is 22.5 Å². The number of unbranched alkanes of at least 4 members (excludes halogenated alkanes) is 1. The lowest BCUT2D eigenvalue weighted by atomic mass is 9.89. The highest BCUT2D eigenvalue weighted by Crippen LogP contribution is 2.35. The van der Waals surface area contributed by atoms with E-state index < -0.39 is 0 Å². The maximum absolute atomic E-state index is 12.3. The zero-order valence-corrected chi connectivity index (χ0v) is 17.0. The van der Waals surface area contributed by atoms with Crippen molar-refractivity contribution in [3.63, 3.8) is 0 Å². The summed E-state index contributed by atoms with van der Waals surface area (Å²) < 4.78 is 5.81. The molecule has 3 aromatic rings. The van der Waals surface area contributed by atoms with Crippen LogP contribution in [0.5, 0.6) is 0 Å². The Kier molecular flexibility index (Phi) is 6.15. The summed E-state index contributed by atoms with van der Waals surface area (Å²) in [4.78, 5) is 14.9. The number of urea groups is 1. The number of piperidine rings is 1. The second-order valence-electron chi connectivity index (χ2n) is 7.82. The Hall–Kier alpha value is -2.79. The maximum atomic E-state index is 12.3. The third-order valence-electron chi connectivity index (χ3n) is 5.75. The van der Waals surface area contributed by atoms with Crippen molar-refractivity contribution >= 4 is 28.4 Å². The molecule has 1 aromatic heterocycles. The predicted molar refractivity (Wildman–Crippen MR) is 119 cm³/mol. The van der Waals surface area contributed by atoms with Crippen molar-refractivity contribution in [1.29, 1.82) is 0 Å². The van der Waals surface area contributed by atoms with E-state index in [4.69, 9.17) is 4.42 Å². The first-order chi connectivity index (χ1) is 14.2. The van der Waals surface area contributed by atoms with Crippen LogP contribution in [0.4, 0.5) is 16.2 Å². The number of benzene rings is 2. The molecule has 152 valence electrons. The van der Waals surface area contributed by atoms with Crippen LogP contribution < -0.4 is 10.6 Å². The van der Waals surface area contributed by atoms with Crippen molar-refractivity contribution in [3.05, 3.63) is 60.4 Å². The number of likely N-dealkylation sites (tertiary alicyclic amines) is 1. The molecular weight excluding hydrogens is 362 g/mol. The Morgan fingerprint density at radius 1 is 1.07 bits per heavy atom. The van der Waals surface area contributed by atoms with Gasteiger partial charge in [-0.1, -0.05) is 31.5 Å². The van der Waals surface area contributed by atoms with Crippen LogP contribution in [0, 0.1) is 0 Å². The Balaban J connectivity index is 1.43. The number of hydrogen-bond donors (Lipinski definition) is 2. The minimum absolute atomic E-state index is 0.246. The molecule has 0 bridgehead atoms. The van der Waals surface area contributed by atoms with Gasteiger partial charge in [-0.3, -0.25) is 0 Å². The molecule has 0 aliphatic carbocycles. The predicted octanol–water partition coefficient (Wildman–Crippen LogP) is 6.06. The fourth-order valence-electron chi connectivity index (χ4n) is 4.11. The van der Waals surface area contributed by atoms with Crippen molar-refractivity contribution in [3.8, 4) is 0 Å². The van der Waals surface area contributed by atoms with E-state index in [1.165, 1.54) is 24.9 Å². The highest BCUT2D eigenvalue weighted by molar-refractivity contribution is 6.01. The number of carbonyl (C=O) groups excluding carboxylic acids is 1. The van der Waals surface area contributed by atoms with Crippen LogP contribution in [0.15, 0.2) is 59.2 Å². The van der Waals surface area contributed by atoms with Gasteiger partial charge in [0.15, 0.2) is 0 Å². The number of fused-ring (bicyclic) bond motifs is 1. The Bertz CT molecular complexity index is 943. The second-order valence-corrected chi connectivity index (χ2v) is 7.82. The van der Waals surface area contributed by atoms with Gasteiger partial charge in [0.2, 0.25) is 0 Å². The molecule has 1 aliphatic heterocycles. The second kappa shape index (κ2) is 9.14. The smallest absolute Gasteiger partial charge is 0.323 e. The molecule has 2 N–H and O–H groups in total. The quantitative estimate of drug-likeness (QED) is 0.537. The third-order valence-corrected chi connectivity index (χ3v) is 5.75. The van der Waals surface area contributed by atoms with Gasteiger partial charge in [-0.2, -0.15) is 0 Å². The highest BCUT2D eigenvalue weighted by Gasteiger charge is 2.23. The summed E-state index contributed by atoms with van der Waals surface area (Å²) in [6, 6.07) is 15.0. The first kappa shape index (κ1) is 19.5. The van der Waals surface area contributed by atoms with Gasteiger partial charge in [0, 0.05) is 22.3 Å². The summed E-state index contributed by atoms with van der Waals surface area (Å²) in [5, 5.41) is 6.89. The van der Waals surface area contributed by atoms with E-state index in [0.717, 1.165) is 48.3 Å². The summed E-state index contributed by atoms with van der Waals surface area (Å²) in [7, 11) is 0. The molecule has 4 rings (SSSR count). The fourth-order valence-corrected chi connectivity index (χ4v) is 4.11. The van der Waals surface area contributed by atoms with Crippen LogP contribution in [-0.2, 0) is 0 Å². The summed E-state index contributed by atoms with van der Waals surface area (Å²) in [6.45, 7) is 5.75. The van der Waals surface area contributed by atoms with E-state index in [1.54, 1.807) is 0 Å². The average Bonchev–Trinajstić information content (AvgIpc) is 3.16. The maximum Gasteiger partial charge on any atom is 0.323 e. The van der Waals surface area contributed by atoms with E-state index >= 15 is 0 Å². The van der Waals surface area contributed by atoms with Gasteiger partial charge in [0.1, 0.15) is 5.58 Å². The van der Waals surface area contributed by atoms with Crippen LogP contribution in [-0.4, -0.2) is 30.6 Å². The first-order valence-electron chi connectivity index (χ1n) is 10.6. The number of rotatable bonds is 6. The number of para-hydroxylation sites is 1. The molecule has 5 nitrogen and oxygen atoms in total. The zero-order chi connectivity index (χ0) is 20.1. The van der Waals surface area contributed by atoms with Gasteiger partial charge in [-0.25, -0.2) is 4.79 Å². The molecule has 1 aliphatic rings. The lowest BCUT2D eigenvalue weighted by Crippen LogP contribution is -2.33. The summed E-state index contributed by atoms with van der Waals surface area (Å²) >= 11 is 0. The number of nitrogens with zero attached hydrogens (tertiary/aromatic N) is 1. The number of nitrogens with one attached hydrogen (secondary N) is 2. The van der Waals surface area contributed by atoms with Gasteiger partial charge in [0.25, 0.3) is 0 Å². The van der Waals surface area contributed by atoms with E-state index in [-0.39, 0.29) is 6.03 Å². The normalized spacial score (nSPS) is 15.5. The average molecular weight is 392 g/mol.